The molecular formula is C11H20N2O. The van der Waals surface area contributed by atoms with Gasteiger partial charge in [-0.05, 0) is 32.9 Å². The van der Waals surface area contributed by atoms with Crippen LogP contribution < -0.4 is 0 Å². The zero-order valence-corrected chi connectivity index (χ0v) is 9.36. The van der Waals surface area contributed by atoms with Crippen LogP contribution in [0.5, 0.6) is 0 Å². The lowest BCUT2D eigenvalue weighted by atomic mass is 10.2. The first-order chi connectivity index (χ1) is 6.61. The van der Waals surface area contributed by atoms with Crippen LogP contribution in [0.25, 0.3) is 0 Å². The fraction of sp³-hybridized carbons (Fsp3) is 0.727. The van der Waals surface area contributed by atoms with Crippen LogP contribution in [-0.2, 0) is 4.79 Å². The summed E-state index contributed by atoms with van der Waals surface area (Å²) in [4.78, 5) is 15.3. The van der Waals surface area contributed by atoms with Crippen LogP contribution in [0.15, 0.2) is 12.2 Å². The normalized spacial score (nSPS) is 20.2. The van der Waals surface area contributed by atoms with E-state index in [1.54, 1.807) is 25.1 Å². The number of rotatable bonds is 3. The van der Waals surface area contributed by atoms with Gasteiger partial charge in [-0.15, -0.1) is 0 Å². The summed E-state index contributed by atoms with van der Waals surface area (Å²) in [5.74, 6) is 0.0658. The molecule has 0 aromatic rings. The second kappa shape index (κ2) is 5.15. The molecule has 0 aromatic carbocycles. The van der Waals surface area contributed by atoms with E-state index in [-0.39, 0.29) is 5.91 Å². The zero-order valence-electron chi connectivity index (χ0n) is 9.36. The third kappa shape index (κ3) is 3.14. The Hall–Kier alpha value is -0.830. The van der Waals surface area contributed by atoms with Crippen LogP contribution >= 0.6 is 0 Å². The van der Waals surface area contributed by atoms with Crippen LogP contribution in [0.3, 0.4) is 0 Å². The summed E-state index contributed by atoms with van der Waals surface area (Å²) in [5.41, 5.74) is 0. The van der Waals surface area contributed by atoms with Gasteiger partial charge in [0.2, 0.25) is 5.91 Å². The van der Waals surface area contributed by atoms with Gasteiger partial charge in [-0.1, -0.05) is 6.08 Å². The largest absolute Gasteiger partial charge is 0.345 e. The third-order valence-electron chi connectivity index (χ3n) is 2.67. The second-order valence-corrected chi connectivity index (χ2v) is 4.08. The lowest BCUT2D eigenvalue weighted by molar-refractivity contribution is -0.123. The predicted molar refractivity (Wildman–Crippen MR) is 58.1 cm³/mol. The van der Waals surface area contributed by atoms with Crippen molar-refractivity contribution in [2.75, 3.05) is 27.2 Å². The van der Waals surface area contributed by atoms with E-state index in [4.69, 9.17) is 0 Å². The first-order valence-electron chi connectivity index (χ1n) is 5.25. The summed E-state index contributed by atoms with van der Waals surface area (Å²) in [6.07, 6.45) is 6.25. The maximum absolute atomic E-state index is 11.3. The standard InChI is InChI=1S/C11H20N2O/c1-10(13-8-4-5-9-13)6-7-11(14)12(2)3/h6-7,10H,4-5,8-9H2,1-3H3. The van der Waals surface area contributed by atoms with E-state index in [0.29, 0.717) is 6.04 Å². The highest BCUT2D eigenvalue weighted by atomic mass is 16.2. The fourth-order valence-corrected chi connectivity index (χ4v) is 1.64. The van der Waals surface area contributed by atoms with Crippen molar-refractivity contribution in [2.45, 2.75) is 25.8 Å². The lowest BCUT2D eigenvalue weighted by Gasteiger charge is -2.20. The van der Waals surface area contributed by atoms with E-state index < -0.39 is 0 Å². The van der Waals surface area contributed by atoms with Gasteiger partial charge in [-0.2, -0.15) is 0 Å². The van der Waals surface area contributed by atoms with E-state index in [9.17, 15) is 4.79 Å². The first-order valence-corrected chi connectivity index (χ1v) is 5.25. The van der Waals surface area contributed by atoms with E-state index >= 15 is 0 Å². The van der Waals surface area contributed by atoms with Crippen molar-refractivity contribution in [3.05, 3.63) is 12.2 Å². The fourth-order valence-electron chi connectivity index (χ4n) is 1.64. The molecule has 0 aliphatic carbocycles. The molecule has 1 aliphatic rings. The molecule has 1 atom stereocenters. The molecule has 3 heteroatoms. The molecular weight excluding hydrogens is 176 g/mol. The summed E-state index contributed by atoms with van der Waals surface area (Å²) in [6.45, 7) is 4.48. The van der Waals surface area contributed by atoms with Gasteiger partial charge in [0.25, 0.3) is 0 Å². The molecule has 1 saturated heterocycles. The smallest absolute Gasteiger partial charge is 0.245 e. The maximum atomic E-state index is 11.3. The quantitative estimate of drug-likeness (QED) is 0.631. The summed E-state index contributed by atoms with van der Waals surface area (Å²) < 4.78 is 0. The Labute approximate surface area is 86.4 Å². The molecule has 0 radical (unpaired) electrons. The average Bonchev–Trinajstić information content (AvgIpc) is 2.66. The second-order valence-electron chi connectivity index (χ2n) is 4.08. The lowest BCUT2D eigenvalue weighted by Crippen LogP contribution is -2.29. The van der Waals surface area contributed by atoms with Crippen LogP contribution in [0.1, 0.15) is 19.8 Å². The molecule has 0 bridgehead atoms. The molecule has 3 nitrogen and oxygen atoms in total. The predicted octanol–water partition coefficient (Wildman–Crippen LogP) is 1.12. The van der Waals surface area contributed by atoms with Crippen molar-refractivity contribution in [3.8, 4) is 0 Å². The highest BCUT2D eigenvalue weighted by Crippen LogP contribution is 2.11. The van der Waals surface area contributed by atoms with Gasteiger partial charge in [-0.3, -0.25) is 9.69 Å². The van der Waals surface area contributed by atoms with Gasteiger partial charge in [0.1, 0.15) is 0 Å². The highest BCUT2D eigenvalue weighted by molar-refractivity contribution is 5.87. The number of likely N-dealkylation sites (tertiary alicyclic amines) is 1. The molecule has 1 fully saturated rings. The van der Waals surface area contributed by atoms with Gasteiger partial charge >= 0.3 is 0 Å². The Bertz CT molecular complexity index is 217. The maximum Gasteiger partial charge on any atom is 0.245 e. The third-order valence-corrected chi connectivity index (χ3v) is 2.67. The van der Waals surface area contributed by atoms with Crippen LogP contribution in [-0.4, -0.2) is 48.9 Å². The van der Waals surface area contributed by atoms with E-state index in [2.05, 4.69) is 11.8 Å². The van der Waals surface area contributed by atoms with Crippen LogP contribution in [0.2, 0.25) is 0 Å². The molecule has 14 heavy (non-hydrogen) atoms. The van der Waals surface area contributed by atoms with Crippen molar-refractivity contribution in [3.63, 3.8) is 0 Å². The minimum absolute atomic E-state index is 0.0658. The van der Waals surface area contributed by atoms with Gasteiger partial charge in [0, 0.05) is 26.2 Å². The Morgan fingerprint density at radius 3 is 2.43 bits per heavy atom. The van der Waals surface area contributed by atoms with Gasteiger partial charge < -0.3 is 4.90 Å². The molecule has 0 aromatic heterocycles. The van der Waals surface area contributed by atoms with E-state index in [0.717, 1.165) is 0 Å². The summed E-state index contributed by atoms with van der Waals surface area (Å²) in [5, 5.41) is 0. The first kappa shape index (κ1) is 11.2. The molecule has 1 heterocycles. The van der Waals surface area contributed by atoms with Crippen molar-refractivity contribution in [1.82, 2.24) is 9.80 Å². The summed E-state index contributed by atoms with van der Waals surface area (Å²) in [7, 11) is 3.54. The Kier molecular flexibility index (Phi) is 4.14. The van der Waals surface area contributed by atoms with Crippen molar-refractivity contribution < 1.29 is 4.79 Å². The minimum atomic E-state index is 0.0658. The number of amides is 1. The summed E-state index contributed by atoms with van der Waals surface area (Å²) >= 11 is 0. The number of hydrogen-bond donors (Lipinski definition) is 0. The Morgan fingerprint density at radius 1 is 1.36 bits per heavy atom. The number of carbonyl (C=O) groups excluding carboxylic acids is 1. The van der Waals surface area contributed by atoms with Crippen LogP contribution in [0, 0.1) is 0 Å². The van der Waals surface area contributed by atoms with Crippen molar-refractivity contribution in [1.29, 1.82) is 0 Å². The SMILES string of the molecule is CC(C=CC(=O)N(C)C)N1CCCC1. The van der Waals surface area contributed by atoms with E-state index in [1.807, 2.05) is 6.08 Å². The number of carbonyl (C=O) groups is 1. The summed E-state index contributed by atoms with van der Waals surface area (Å²) in [6, 6.07) is 0.390. The molecule has 0 N–H and O–H groups in total. The average molecular weight is 196 g/mol. The molecule has 0 spiro atoms. The molecule has 1 rings (SSSR count). The molecule has 1 unspecified atom stereocenters. The molecule has 0 saturated carbocycles. The molecule has 80 valence electrons. The molecule has 1 aliphatic heterocycles. The van der Waals surface area contributed by atoms with Gasteiger partial charge in [-0.25, -0.2) is 0 Å². The topological polar surface area (TPSA) is 23.6 Å². The Balaban J connectivity index is 2.38. The molecule has 1 amide bonds. The van der Waals surface area contributed by atoms with Crippen molar-refractivity contribution in [2.24, 2.45) is 0 Å². The number of nitrogens with zero attached hydrogens (tertiary/aromatic N) is 2. The Morgan fingerprint density at radius 2 is 1.93 bits per heavy atom. The minimum Gasteiger partial charge on any atom is -0.345 e. The van der Waals surface area contributed by atoms with E-state index in [1.165, 1.54) is 25.9 Å². The van der Waals surface area contributed by atoms with Crippen LogP contribution in [0.4, 0.5) is 0 Å². The number of likely N-dealkylation sites (N-methyl/N-ethyl adjacent to an activating group) is 1. The van der Waals surface area contributed by atoms with Gasteiger partial charge in [0.05, 0.1) is 0 Å². The van der Waals surface area contributed by atoms with Gasteiger partial charge in [0.15, 0.2) is 0 Å². The monoisotopic (exact) mass is 196 g/mol. The zero-order chi connectivity index (χ0) is 10.6. The van der Waals surface area contributed by atoms with Crippen molar-refractivity contribution >= 4 is 5.91 Å². The highest BCUT2D eigenvalue weighted by Gasteiger charge is 2.15. The number of hydrogen-bond acceptors (Lipinski definition) is 2.